The average molecular weight is 269 g/mol. The highest BCUT2D eigenvalue weighted by Gasteiger charge is 2.24. The fourth-order valence-corrected chi connectivity index (χ4v) is 2.53. The summed E-state index contributed by atoms with van der Waals surface area (Å²) in [6.07, 6.45) is 3.46. The summed E-state index contributed by atoms with van der Waals surface area (Å²) in [5.74, 6) is -0.205. The van der Waals surface area contributed by atoms with Crippen molar-refractivity contribution in [2.75, 3.05) is 0 Å². The van der Waals surface area contributed by atoms with Gasteiger partial charge in [-0.2, -0.15) is 0 Å². The zero-order valence-corrected chi connectivity index (χ0v) is 11.2. The molecule has 1 aromatic heterocycles. The van der Waals surface area contributed by atoms with Crippen LogP contribution in [-0.2, 0) is 13.0 Å². The van der Waals surface area contributed by atoms with Crippen LogP contribution < -0.4 is 0 Å². The van der Waals surface area contributed by atoms with Crippen LogP contribution in [-0.4, -0.2) is 26.8 Å². The van der Waals surface area contributed by atoms with E-state index in [0.717, 1.165) is 29.9 Å². The van der Waals surface area contributed by atoms with E-state index >= 15 is 0 Å². The Labute approximate surface area is 116 Å². The Hall–Kier alpha value is -2.43. The number of hydrogen-bond donors (Lipinski definition) is 1. The number of carbonyl (C=O) groups is 1. The number of aromatic nitrogens is 2. The molecule has 1 aromatic carbocycles. The predicted molar refractivity (Wildman–Crippen MR) is 75.8 cm³/mol. The molecule has 0 saturated carbocycles. The average Bonchev–Trinajstić information content (AvgIpc) is 2.68. The normalized spacial score (nSPS) is 12.7. The summed E-state index contributed by atoms with van der Waals surface area (Å²) in [5.41, 5.74) is 2.70. The van der Waals surface area contributed by atoms with E-state index in [-0.39, 0.29) is 5.69 Å². The fraction of sp³-hybridized carbons (Fsp3) is 0.267. The molecule has 0 atom stereocenters. The Kier molecular flexibility index (Phi) is 3.10. The maximum Gasteiger partial charge on any atom is 0.356 e. The monoisotopic (exact) mass is 269 g/mol. The number of aryl methyl sites for hydroxylation is 1. The third-order valence-electron chi connectivity index (χ3n) is 3.37. The number of fused-ring (bicyclic) bond motifs is 3. The second kappa shape index (κ2) is 4.92. The van der Waals surface area contributed by atoms with Crippen molar-refractivity contribution in [1.29, 1.82) is 0 Å². The number of carboxylic acid groups (broad SMARTS) is 1. The van der Waals surface area contributed by atoms with Crippen molar-refractivity contribution < 1.29 is 9.90 Å². The Morgan fingerprint density at radius 2 is 2.20 bits per heavy atom. The van der Waals surface area contributed by atoms with Gasteiger partial charge in [0.2, 0.25) is 0 Å². The van der Waals surface area contributed by atoms with Gasteiger partial charge in [-0.15, -0.1) is 0 Å². The topological polar surface area (TPSA) is 67.5 Å². The van der Waals surface area contributed by atoms with E-state index in [0.29, 0.717) is 12.2 Å². The Morgan fingerprint density at radius 1 is 1.40 bits per heavy atom. The highest BCUT2D eigenvalue weighted by atomic mass is 16.4. The Morgan fingerprint density at radius 3 is 2.95 bits per heavy atom. The molecule has 0 unspecified atom stereocenters. The lowest BCUT2D eigenvalue weighted by molar-refractivity contribution is 0.0689. The first-order valence-electron chi connectivity index (χ1n) is 6.65. The molecule has 1 N–H and O–H groups in total. The second-order valence-electron chi connectivity index (χ2n) is 4.74. The predicted octanol–water partition coefficient (Wildman–Crippen LogP) is 2.46. The molecule has 0 radical (unpaired) electrons. The van der Waals surface area contributed by atoms with Gasteiger partial charge in [-0.05, 0) is 12.5 Å². The highest BCUT2D eigenvalue weighted by molar-refractivity contribution is 5.89. The molecule has 102 valence electrons. The first-order valence-corrected chi connectivity index (χ1v) is 6.65. The van der Waals surface area contributed by atoms with E-state index in [2.05, 4.69) is 16.9 Å². The number of carboxylic acids is 1. The number of rotatable bonds is 3. The van der Waals surface area contributed by atoms with Crippen LogP contribution >= 0.6 is 0 Å². The van der Waals surface area contributed by atoms with Crippen molar-refractivity contribution in [1.82, 2.24) is 9.55 Å². The summed E-state index contributed by atoms with van der Waals surface area (Å²) in [4.78, 5) is 20.0. The van der Waals surface area contributed by atoms with Gasteiger partial charge in [0.15, 0.2) is 5.69 Å². The lowest BCUT2D eigenvalue weighted by Gasteiger charge is -2.11. The van der Waals surface area contributed by atoms with Gasteiger partial charge in [0.05, 0.1) is 17.9 Å². The van der Waals surface area contributed by atoms with Crippen LogP contribution in [0.1, 0.15) is 40.9 Å². The van der Waals surface area contributed by atoms with Crippen LogP contribution in [0.25, 0.3) is 5.69 Å². The number of aromatic carboxylic acids is 1. The highest BCUT2D eigenvalue weighted by Crippen LogP contribution is 2.25. The minimum Gasteiger partial charge on any atom is -0.476 e. The van der Waals surface area contributed by atoms with E-state index in [1.807, 2.05) is 28.8 Å². The third-order valence-corrected chi connectivity index (χ3v) is 3.37. The van der Waals surface area contributed by atoms with Crippen molar-refractivity contribution in [2.24, 2.45) is 4.99 Å². The lowest BCUT2D eigenvalue weighted by Crippen LogP contribution is -2.07. The Bertz CT molecular complexity index is 701. The van der Waals surface area contributed by atoms with E-state index in [1.54, 1.807) is 6.21 Å². The van der Waals surface area contributed by atoms with Crippen LogP contribution in [0.2, 0.25) is 0 Å². The zero-order chi connectivity index (χ0) is 14.1. The first-order chi connectivity index (χ1) is 9.72. The van der Waals surface area contributed by atoms with Crippen molar-refractivity contribution in [2.45, 2.75) is 26.3 Å². The molecule has 0 bridgehead atoms. The smallest absolute Gasteiger partial charge is 0.356 e. The van der Waals surface area contributed by atoms with E-state index in [1.165, 1.54) is 0 Å². The summed E-state index contributed by atoms with van der Waals surface area (Å²) in [6, 6.07) is 7.84. The third kappa shape index (κ3) is 1.91. The van der Waals surface area contributed by atoms with E-state index in [4.69, 9.17) is 0 Å². The summed E-state index contributed by atoms with van der Waals surface area (Å²) < 4.78 is 1.95. The van der Waals surface area contributed by atoms with Crippen molar-refractivity contribution in [3.05, 3.63) is 47.0 Å². The van der Waals surface area contributed by atoms with E-state index in [9.17, 15) is 9.90 Å². The molecule has 0 spiro atoms. The van der Waals surface area contributed by atoms with Gasteiger partial charge in [0.25, 0.3) is 0 Å². The standard InChI is InChI=1S/C15H15N3O2/c1-2-5-13-17-14(15(19)20)12-9-16-8-10-6-3-4-7-11(10)18(12)13/h3-4,6-8H,2,5,9H2,1H3,(H,19,20). The molecule has 2 aromatic rings. The molecule has 5 heteroatoms. The quantitative estimate of drug-likeness (QED) is 0.930. The van der Waals surface area contributed by atoms with Crippen molar-refractivity contribution in [3.8, 4) is 5.69 Å². The van der Waals surface area contributed by atoms with Gasteiger partial charge in [0.1, 0.15) is 5.82 Å². The Balaban J connectivity index is 2.30. The minimum atomic E-state index is -0.995. The van der Waals surface area contributed by atoms with Crippen LogP contribution in [0.3, 0.4) is 0 Å². The molecule has 0 aliphatic carbocycles. The number of imidazole rings is 1. The molecule has 20 heavy (non-hydrogen) atoms. The van der Waals surface area contributed by atoms with Crippen LogP contribution in [0, 0.1) is 0 Å². The number of nitrogens with zero attached hydrogens (tertiary/aromatic N) is 3. The van der Waals surface area contributed by atoms with Crippen LogP contribution in [0.5, 0.6) is 0 Å². The molecule has 3 rings (SSSR count). The minimum absolute atomic E-state index is 0.113. The zero-order valence-electron chi connectivity index (χ0n) is 11.2. The molecule has 2 heterocycles. The molecule has 0 fully saturated rings. The maximum absolute atomic E-state index is 11.4. The van der Waals surface area contributed by atoms with Gasteiger partial charge in [0, 0.05) is 18.2 Å². The number of aliphatic imine (C=N–C) groups is 1. The van der Waals surface area contributed by atoms with Crippen LogP contribution in [0.15, 0.2) is 29.3 Å². The first kappa shape index (κ1) is 12.6. The molecule has 1 aliphatic heterocycles. The number of hydrogen-bond acceptors (Lipinski definition) is 3. The molecular weight excluding hydrogens is 254 g/mol. The number of para-hydroxylation sites is 1. The molecule has 1 aliphatic rings. The maximum atomic E-state index is 11.4. The van der Waals surface area contributed by atoms with Gasteiger partial charge in [-0.3, -0.25) is 9.56 Å². The van der Waals surface area contributed by atoms with Gasteiger partial charge in [-0.25, -0.2) is 9.78 Å². The fourth-order valence-electron chi connectivity index (χ4n) is 2.53. The molecule has 0 amide bonds. The SMILES string of the molecule is CCCc1nc(C(=O)O)c2n1-c1ccccc1C=NC2. The lowest BCUT2D eigenvalue weighted by atomic mass is 10.2. The summed E-state index contributed by atoms with van der Waals surface area (Å²) in [7, 11) is 0. The van der Waals surface area contributed by atoms with Crippen molar-refractivity contribution >= 4 is 12.2 Å². The van der Waals surface area contributed by atoms with Gasteiger partial charge < -0.3 is 5.11 Å². The summed E-state index contributed by atoms with van der Waals surface area (Å²) >= 11 is 0. The molecule has 0 saturated heterocycles. The van der Waals surface area contributed by atoms with Gasteiger partial charge >= 0.3 is 5.97 Å². The molecular formula is C15H15N3O2. The summed E-state index contributed by atoms with van der Waals surface area (Å²) in [5, 5.41) is 9.33. The summed E-state index contributed by atoms with van der Waals surface area (Å²) in [6.45, 7) is 2.40. The van der Waals surface area contributed by atoms with Gasteiger partial charge in [-0.1, -0.05) is 25.1 Å². The second-order valence-corrected chi connectivity index (χ2v) is 4.74. The molecule has 5 nitrogen and oxygen atoms in total. The largest absolute Gasteiger partial charge is 0.476 e. The van der Waals surface area contributed by atoms with Crippen LogP contribution in [0.4, 0.5) is 0 Å². The number of benzene rings is 1. The van der Waals surface area contributed by atoms with E-state index < -0.39 is 5.97 Å². The van der Waals surface area contributed by atoms with Crippen molar-refractivity contribution in [3.63, 3.8) is 0 Å².